The summed E-state index contributed by atoms with van der Waals surface area (Å²) >= 11 is 0. The van der Waals surface area contributed by atoms with Gasteiger partial charge in [0, 0.05) is 31.6 Å². The van der Waals surface area contributed by atoms with Crippen LogP contribution in [0.1, 0.15) is 32.3 Å². The molecule has 0 radical (unpaired) electrons. The third kappa shape index (κ3) is 11.6. The van der Waals surface area contributed by atoms with Gasteiger partial charge in [-0.05, 0) is 19.4 Å². The van der Waals surface area contributed by atoms with Crippen LogP contribution in [0.2, 0.25) is 0 Å². The number of ether oxygens (including phenoxy) is 1. The van der Waals surface area contributed by atoms with Crippen molar-refractivity contribution in [2.75, 3.05) is 19.6 Å². The molecule has 0 aliphatic carbocycles. The van der Waals surface area contributed by atoms with E-state index in [0.29, 0.717) is 31.2 Å². The molecular weight excluding hydrogens is 476 g/mol. The molecule has 154 valence electrons. The third-order valence-corrected chi connectivity index (χ3v) is 3.17. The van der Waals surface area contributed by atoms with Gasteiger partial charge in [-0.2, -0.15) is 0 Å². The highest BCUT2D eigenvalue weighted by Crippen LogP contribution is 2.26. The number of aliphatic imine (C=N–C) groups is 1. The van der Waals surface area contributed by atoms with Crippen molar-refractivity contribution in [3.05, 3.63) is 29.8 Å². The summed E-state index contributed by atoms with van der Waals surface area (Å²) in [6, 6.07) is 5.85. The van der Waals surface area contributed by atoms with Gasteiger partial charge in [-0.1, -0.05) is 25.1 Å². The highest BCUT2D eigenvalue weighted by molar-refractivity contribution is 14.0. The number of rotatable bonds is 9. The quantitative estimate of drug-likeness (QED) is 0.276. The van der Waals surface area contributed by atoms with Gasteiger partial charge in [-0.15, -0.1) is 37.1 Å². The van der Waals surface area contributed by atoms with E-state index in [-0.39, 0.29) is 48.6 Å². The monoisotopic (exact) mass is 502 g/mol. The number of carbonyl (C=O) groups excluding carboxylic acids is 1. The van der Waals surface area contributed by atoms with Crippen molar-refractivity contribution in [3.8, 4) is 5.75 Å². The topological polar surface area (TPSA) is 74.8 Å². The minimum absolute atomic E-state index is 0. The van der Waals surface area contributed by atoms with E-state index in [2.05, 4.69) is 25.7 Å². The van der Waals surface area contributed by atoms with Gasteiger partial charge in [0.25, 0.3) is 0 Å². The molecule has 0 spiro atoms. The van der Waals surface area contributed by atoms with E-state index in [1.54, 1.807) is 6.07 Å². The first-order valence-electron chi connectivity index (χ1n) is 8.48. The molecule has 0 saturated carbocycles. The second kappa shape index (κ2) is 13.4. The van der Waals surface area contributed by atoms with Crippen LogP contribution in [0.4, 0.5) is 13.2 Å². The smallest absolute Gasteiger partial charge is 0.405 e. The number of hydrogen-bond donors (Lipinski definition) is 3. The fraction of sp³-hybridized carbons (Fsp3) is 0.529. The normalized spacial score (nSPS) is 11.4. The lowest BCUT2D eigenvalue weighted by molar-refractivity contribution is -0.274. The summed E-state index contributed by atoms with van der Waals surface area (Å²) in [5, 5.41) is 8.73. The standard InChI is InChI=1S/C17H25F3N4O2.HI/c1-3-10-22-15(25)9-11-23-16(21-4-2)24-12-13-7-5-6-8-14(13)26-17(18,19)20;/h5-8H,3-4,9-12H2,1-2H3,(H,22,25)(H2,21,23,24);1H. The molecule has 0 heterocycles. The van der Waals surface area contributed by atoms with E-state index < -0.39 is 6.36 Å². The van der Waals surface area contributed by atoms with Crippen LogP contribution >= 0.6 is 24.0 Å². The van der Waals surface area contributed by atoms with Crippen LogP contribution in [0.15, 0.2) is 29.3 Å². The van der Waals surface area contributed by atoms with Gasteiger partial charge in [-0.3, -0.25) is 4.79 Å². The van der Waals surface area contributed by atoms with E-state index in [1.165, 1.54) is 18.2 Å². The maximum absolute atomic E-state index is 12.5. The maximum Gasteiger partial charge on any atom is 0.573 e. The van der Waals surface area contributed by atoms with Crippen LogP contribution in [0.5, 0.6) is 5.75 Å². The molecule has 0 fully saturated rings. The minimum atomic E-state index is -4.76. The highest BCUT2D eigenvalue weighted by Gasteiger charge is 2.31. The van der Waals surface area contributed by atoms with Gasteiger partial charge in [-0.25, -0.2) is 4.99 Å². The van der Waals surface area contributed by atoms with Crippen molar-refractivity contribution in [1.82, 2.24) is 16.0 Å². The van der Waals surface area contributed by atoms with Crippen LogP contribution in [0.25, 0.3) is 0 Å². The molecule has 1 aromatic rings. The Labute approximate surface area is 174 Å². The molecular formula is C17H26F3IN4O2. The van der Waals surface area contributed by atoms with Crippen LogP contribution in [-0.2, 0) is 11.3 Å². The molecule has 0 saturated heterocycles. The Morgan fingerprint density at radius 1 is 1.11 bits per heavy atom. The lowest BCUT2D eigenvalue weighted by atomic mass is 10.2. The maximum atomic E-state index is 12.5. The number of halogens is 4. The highest BCUT2D eigenvalue weighted by atomic mass is 127. The SMILES string of the molecule is CCCNC(=O)CCNC(=NCc1ccccc1OC(F)(F)F)NCC.I. The van der Waals surface area contributed by atoms with Crippen LogP contribution < -0.4 is 20.7 Å². The Balaban J connectivity index is 0.00000676. The summed E-state index contributed by atoms with van der Waals surface area (Å²) in [4.78, 5) is 15.8. The lowest BCUT2D eigenvalue weighted by Crippen LogP contribution is -2.39. The van der Waals surface area contributed by atoms with E-state index in [0.717, 1.165) is 6.42 Å². The molecule has 0 aromatic heterocycles. The third-order valence-electron chi connectivity index (χ3n) is 3.17. The van der Waals surface area contributed by atoms with Gasteiger partial charge >= 0.3 is 6.36 Å². The Hall–Kier alpha value is -1.72. The van der Waals surface area contributed by atoms with Crippen molar-refractivity contribution in [2.24, 2.45) is 4.99 Å². The number of para-hydroxylation sites is 1. The van der Waals surface area contributed by atoms with Gasteiger partial charge in [0.15, 0.2) is 5.96 Å². The number of amides is 1. The molecule has 1 rings (SSSR count). The summed E-state index contributed by atoms with van der Waals surface area (Å²) in [6.07, 6.45) is -3.62. The summed E-state index contributed by atoms with van der Waals surface area (Å²) in [7, 11) is 0. The Morgan fingerprint density at radius 3 is 2.44 bits per heavy atom. The fourth-order valence-electron chi connectivity index (χ4n) is 2.01. The second-order valence-electron chi connectivity index (χ2n) is 5.38. The summed E-state index contributed by atoms with van der Waals surface area (Å²) in [6.45, 7) is 5.41. The second-order valence-corrected chi connectivity index (χ2v) is 5.38. The lowest BCUT2D eigenvalue weighted by Gasteiger charge is -2.14. The van der Waals surface area contributed by atoms with E-state index >= 15 is 0 Å². The van der Waals surface area contributed by atoms with E-state index in [4.69, 9.17) is 0 Å². The molecule has 1 aromatic carbocycles. The van der Waals surface area contributed by atoms with Crippen LogP contribution in [0, 0.1) is 0 Å². The zero-order chi connectivity index (χ0) is 19.4. The molecule has 0 aliphatic rings. The number of nitrogens with zero attached hydrogens (tertiary/aromatic N) is 1. The number of alkyl halides is 3. The molecule has 0 atom stereocenters. The zero-order valence-corrected chi connectivity index (χ0v) is 17.7. The molecule has 3 N–H and O–H groups in total. The number of nitrogens with one attached hydrogen (secondary N) is 3. The van der Waals surface area contributed by atoms with E-state index in [1.807, 2.05) is 13.8 Å². The molecule has 0 unspecified atom stereocenters. The first kappa shape index (κ1) is 25.3. The molecule has 0 bridgehead atoms. The predicted molar refractivity (Wildman–Crippen MR) is 109 cm³/mol. The Bertz CT molecular complexity index is 598. The van der Waals surface area contributed by atoms with E-state index in [9.17, 15) is 18.0 Å². The van der Waals surface area contributed by atoms with Crippen molar-refractivity contribution < 1.29 is 22.7 Å². The number of hydrogen-bond acceptors (Lipinski definition) is 3. The molecule has 1 amide bonds. The molecule has 0 aliphatic heterocycles. The first-order chi connectivity index (χ1) is 12.4. The number of carbonyl (C=O) groups is 1. The molecule has 10 heteroatoms. The van der Waals surface area contributed by atoms with Gasteiger partial charge in [0.1, 0.15) is 5.75 Å². The first-order valence-corrected chi connectivity index (χ1v) is 8.48. The van der Waals surface area contributed by atoms with Crippen molar-refractivity contribution >= 4 is 35.8 Å². The van der Waals surface area contributed by atoms with Gasteiger partial charge in [0.2, 0.25) is 5.91 Å². The van der Waals surface area contributed by atoms with Crippen LogP contribution in [0.3, 0.4) is 0 Å². The largest absolute Gasteiger partial charge is 0.573 e. The van der Waals surface area contributed by atoms with Crippen molar-refractivity contribution in [1.29, 1.82) is 0 Å². The van der Waals surface area contributed by atoms with Crippen LogP contribution in [-0.4, -0.2) is 37.9 Å². The van der Waals surface area contributed by atoms with Gasteiger partial charge in [0.05, 0.1) is 6.54 Å². The summed E-state index contributed by atoms with van der Waals surface area (Å²) in [5.41, 5.74) is 0.308. The summed E-state index contributed by atoms with van der Waals surface area (Å²) < 4.78 is 41.4. The van der Waals surface area contributed by atoms with Crippen molar-refractivity contribution in [2.45, 2.75) is 39.6 Å². The van der Waals surface area contributed by atoms with Crippen molar-refractivity contribution in [3.63, 3.8) is 0 Å². The zero-order valence-electron chi connectivity index (χ0n) is 15.4. The minimum Gasteiger partial charge on any atom is -0.405 e. The Morgan fingerprint density at radius 2 is 1.81 bits per heavy atom. The number of guanidine groups is 1. The van der Waals surface area contributed by atoms with Gasteiger partial charge < -0.3 is 20.7 Å². The fourth-order valence-corrected chi connectivity index (χ4v) is 2.01. The molecule has 27 heavy (non-hydrogen) atoms. The average Bonchev–Trinajstić information content (AvgIpc) is 2.57. The number of benzene rings is 1. The Kier molecular flexibility index (Phi) is 12.6. The summed E-state index contributed by atoms with van der Waals surface area (Å²) in [5.74, 6) is 0.0651. The average molecular weight is 502 g/mol. The molecule has 6 nitrogen and oxygen atoms in total. The predicted octanol–water partition coefficient (Wildman–Crippen LogP) is 3.17.